The quantitative estimate of drug-likeness (QED) is 0.544. The standard InChI is InChI=1S/C16H10N2O4S/c17-18-15-9-6-11-10-13(7-8-14(11)16(15)19)23(20,21)22-12-4-2-1-3-5-12/h1-10H. The first-order chi connectivity index (χ1) is 11.0. The SMILES string of the molecule is N#[N+]c1ccc2cc(S(=O)(=O)Oc3ccccc3)ccc2c1[O-]. The van der Waals surface area contributed by atoms with E-state index in [0.717, 1.165) is 0 Å². The molecular formula is C16H10N2O4S. The third-order valence-electron chi connectivity index (χ3n) is 3.27. The lowest BCUT2D eigenvalue weighted by Crippen LogP contribution is -2.09. The van der Waals surface area contributed by atoms with Gasteiger partial charge in [0.2, 0.25) is 5.39 Å². The molecule has 7 heteroatoms. The second-order valence-electron chi connectivity index (χ2n) is 4.75. The Hall–Kier alpha value is -3.11. The maximum absolute atomic E-state index is 12.3. The second-order valence-corrected chi connectivity index (χ2v) is 6.29. The Bertz CT molecular complexity index is 1030. The molecule has 0 amide bonds. The first-order valence-electron chi connectivity index (χ1n) is 6.60. The molecule has 6 nitrogen and oxygen atoms in total. The van der Waals surface area contributed by atoms with Crippen molar-refractivity contribution >= 4 is 26.6 Å². The minimum Gasteiger partial charge on any atom is -0.867 e. The highest BCUT2D eigenvalue weighted by atomic mass is 32.2. The first-order valence-corrected chi connectivity index (χ1v) is 8.00. The van der Waals surface area contributed by atoms with E-state index in [1.165, 1.54) is 42.5 Å². The number of hydrogen-bond acceptors (Lipinski definition) is 5. The minimum atomic E-state index is -4.01. The molecule has 0 saturated heterocycles. The maximum atomic E-state index is 12.3. The van der Waals surface area contributed by atoms with E-state index in [-0.39, 0.29) is 21.7 Å². The summed E-state index contributed by atoms with van der Waals surface area (Å²) in [7, 11) is -4.01. The van der Waals surface area contributed by atoms with Crippen LogP contribution in [0.2, 0.25) is 0 Å². The Morgan fingerprint density at radius 3 is 2.43 bits per heavy atom. The van der Waals surface area contributed by atoms with Crippen LogP contribution in [0.4, 0.5) is 5.69 Å². The number of diazo groups is 1. The zero-order valence-corrected chi connectivity index (χ0v) is 12.5. The van der Waals surface area contributed by atoms with Gasteiger partial charge in [-0.15, -0.1) is 0 Å². The summed E-state index contributed by atoms with van der Waals surface area (Å²) in [5.41, 5.74) is -0.103. The van der Waals surface area contributed by atoms with Crippen LogP contribution in [0.5, 0.6) is 11.5 Å². The Kier molecular flexibility index (Phi) is 3.60. The number of rotatable bonds is 3. The van der Waals surface area contributed by atoms with Crippen LogP contribution in [0.1, 0.15) is 0 Å². The molecule has 114 valence electrons. The molecule has 3 rings (SSSR count). The average Bonchev–Trinajstić information content (AvgIpc) is 2.55. The fourth-order valence-corrected chi connectivity index (χ4v) is 3.12. The van der Waals surface area contributed by atoms with Crippen LogP contribution in [0, 0.1) is 5.39 Å². The van der Waals surface area contributed by atoms with Crippen molar-refractivity contribution in [2.45, 2.75) is 4.90 Å². The number of benzene rings is 3. The van der Waals surface area contributed by atoms with E-state index >= 15 is 0 Å². The molecular weight excluding hydrogens is 316 g/mol. The third-order valence-corrected chi connectivity index (χ3v) is 4.51. The summed E-state index contributed by atoms with van der Waals surface area (Å²) in [5.74, 6) is -0.274. The fraction of sp³-hybridized carbons (Fsp3) is 0. The van der Waals surface area contributed by atoms with E-state index < -0.39 is 15.9 Å². The van der Waals surface area contributed by atoms with Gasteiger partial charge in [-0.1, -0.05) is 24.3 Å². The van der Waals surface area contributed by atoms with Crippen molar-refractivity contribution in [1.29, 1.82) is 5.39 Å². The van der Waals surface area contributed by atoms with Gasteiger partial charge in [-0.25, -0.2) is 0 Å². The highest BCUT2D eigenvalue weighted by molar-refractivity contribution is 7.87. The van der Waals surface area contributed by atoms with Crippen LogP contribution < -0.4 is 9.29 Å². The molecule has 0 unspecified atom stereocenters. The van der Waals surface area contributed by atoms with Crippen LogP contribution >= 0.6 is 0 Å². The molecule has 0 aromatic heterocycles. The number of nitrogens with zero attached hydrogens (tertiary/aromatic N) is 2. The molecule has 0 radical (unpaired) electrons. The lowest BCUT2D eigenvalue weighted by molar-refractivity contribution is -0.264. The van der Waals surface area contributed by atoms with Crippen LogP contribution in [0.25, 0.3) is 15.7 Å². The predicted octanol–water partition coefficient (Wildman–Crippen LogP) is 3.17. The lowest BCUT2D eigenvalue weighted by atomic mass is 10.1. The van der Waals surface area contributed by atoms with Gasteiger partial charge in [-0.2, -0.15) is 8.42 Å². The van der Waals surface area contributed by atoms with E-state index in [1.54, 1.807) is 18.2 Å². The van der Waals surface area contributed by atoms with Gasteiger partial charge in [-0.3, -0.25) is 0 Å². The van der Waals surface area contributed by atoms with Gasteiger partial charge >= 0.3 is 15.8 Å². The van der Waals surface area contributed by atoms with E-state index in [9.17, 15) is 13.5 Å². The third kappa shape index (κ3) is 2.80. The van der Waals surface area contributed by atoms with Crippen molar-refractivity contribution in [3.63, 3.8) is 0 Å². The average molecular weight is 326 g/mol. The lowest BCUT2D eigenvalue weighted by Gasteiger charge is -2.10. The van der Waals surface area contributed by atoms with Gasteiger partial charge in [-0.05, 0) is 46.9 Å². The molecule has 0 aliphatic rings. The zero-order chi connectivity index (χ0) is 16.4. The summed E-state index contributed by atoms with van der Waals surface area (Å²) in [6, 6.07) is 14.9. The molecule has 3 aromatic carbocycles. The van der Waals surface area contributed by atoms with Crippen molar-refractivity contribution < 1.29 is 17.7 Å². The Balaban J connectivity index is 2.05. The summed E-state index contributed by atoms with van der Waals surface area (Å²) in [5, 5.41) is 21.4. The topological polar surface area (TPSA) is 94.6 Å². The molecule has 0 spiro atoms. The van der Waals surface area contributed by atoms with Crippen molar-refractivity contribution in [1.82, 2.24) is 0 Å². The van der Waals surface area contributed by atoms with Crippen LogP contribution in [-0.4, -0.2) is 8.42 Å². The van der Waals surface area contributed by atoms with Crippen LogP contribution in [0.15, 0.2) is 65.6 Å². The zero-order valence-electron chi connectivity index (χ0n) is 11.7. The molecule has 23 heavy (non-hydrogen) atoms. The van der Waals surface area contributed by atoms with E-state index in [1.807, 2.05) is 0 Å². The predicted molar refractivity (Wildman–Crippen MR) is 82.4 cm³/mol. The molecule has 0 saturated carbocycles. The van der Waals surface area contributed by atoms with Gasteiger partial charge < -0.3 is 9.29 Å². The Morgan fingerprint density at radius 2 is 1.74 bits per heavy atom. The molecule has 0 aliphatic heterocycles. The number of fused-ring (bicyclic) bond motifs is 1. The minimum absolute atomic E-state index is 0.0676. The van der Waals surface area contributed by atoms with Crippen LogP contribution in [0.3, 0.4) is 0 Å². The van der Waals surface area contributed by atoms with Crippen molar-refractivity contribution in [3.8, 4) is 11.5 Å². The summed E-state index contributed by atoms with van der Waals surface area (Å²) in [6.45, 7) is 0. The van der Waals surface area contributed by atoms with Crippen molar-refractivity contribution in [2.24, 2.45) is 0 Å². The smallest absolute Gasteiger partial charge is 0.378 e. The highest BCUT2D eigenvalue weighted by Crippen LogP contribution is 2.33. The monoisotopic (exact) mass is 326 g/mol. The first kappa shape index (κ1) is 14.8. The summed E-state index contributed by atoms with van der Waals surface area (Å²) in [4.78, 5) is 2.82. The summed E-state index contributed by atoms with van der Waals surface area (Å²) < 4.78 is 29.6. The number of hydrogen-bond donors (Lipinski definition) is 0. The van der Waals surface area contributed by atoms with Gasteiger partial charge in [0.15, 0.2) is 4.98 Å². The van der Waals surface area contributed by atoms with E-state index in [2.05, 4.69) is 4.98 Å². The molecule has 0 bridgehead atoms. The van der Waals surface area contributed by atoms with Gasteiger partial charge in [0.25, 0.3) is 0 Å². The fourth-order valence-electron chi connectivity index (χ4n) is 2.15. The largest absolute Gasteiger partial charge is 0.867 e. The van der Waals surface area contributed by atoms with Gasteiger partial charge in [0, 0.05) is 6.07 Å². The summed E-state index contributed by atoms with van der Waals surface area (Å²) in [6.07, 6.45) is 0. The summed E-state index contributed by atoms with van der Waals surface area (Å²) >= 11 is 0. The maximum Gasteiger partial charge on any atom is 0.378 e. The molecule has 0 atom stereocenters. The highest BCUT2D eigenvalue weighted by Gasteiger charge is 2.18. The van der Waals surface area contributed by atoms with Crippen molar-refractivity contribution in [2.75, 3.05) is 0 Å². The van der Waals surface area contributed by atoms with Gasteiger partial charge in [0.1, 0.15) is 10.6 Å². The van der Waals surface area contributed by atoms with Crippen molar-refractivity contribution in [3.05, 3.63) is 65.6 Å². The normalized spacial score (nSPS) is 11.1. The van der Waals surface area contributed by atoms with Gasteiger partial charge in [0.05, 0.1) is 0 Å². The second kappa shape index (κ2) is 5.59. The molecule has 0 N–H and O–H groups in total. The molecule has 0 heterocycles. The Labute approximate surface area is 132 Å². The van der Waals surface area contributed by atoms with E-state index in [0.29, 0.717) is 5.39 Å². The molecule has 3 aromatic rings. The molecule has 0 aliphatic carbocycles. The Morgan fingerprint density at radius 1 is 1.00 bits per heavy atom. The number of para-hydroxylation sites is 1. The van der Waals surface area contributed by atoms with Crippen LogP contribution in [-0.2, 0) is 10.1 Å². The van der Waals surface area contributed by atoms with E-state index in [4.69, 9.17) is 9.58 Å². The molecule has 0 fully saturated rings.